The van der Waals surface area contributed by atoms with Crippen LogP contribution in [0.4, 0.5) is 5.69 Å². The fourth-order valence-corrected chi connectivity index (χ4v) is 4.00. The summed E-state index contributed by atoms with van der Waals surface area (Å²) in [5.41, 5.74) is 1.44. The molecule has 170 valence electrons. The Labute approximate surface area is 188 Å². The van der Waals surface area contributed by atoms with Crippen LogP contribution in [0.1, 0.15) is 24.9 Å². The van der Waals surface area contributed by atoms with E-state index in [0.717, 1.165) is 5.56 Å². The van der Waals surface area contributed by atoms with Crippen molar-refractivity contribution in [1.82, 2.24) is 9.80 Å². The molecule has 1 saturated heterocycles. The van der Waals surface area contributed by atoms with Gasteiger partial charge >= 0.3 is 0 Å². The Morgan fingerprint density at radius 3 is 2.41 bits per heavy atom. The maximum atomic E-state index is 13.4. The summed E-state index contributed by atoms with van der Waals surface area (Å²) in [4.78, 5) is 41.6. The van der Waals surface area contributed by atoms with Gasteiger partial charge in [-0.25, -0.2) is 0 Å². The molecule has 2 atom stereocenters. The van der Waals surface area contributed by atoms with Crippen molar-refractivity contribution in [2.75, 3.05) is 39.7 Å². The molecule has 8 heteroatoms. The number of hydrogen-bond acceptors (Lipinski definition) is 5. The Bertz CT molecular complexity index is 976. The highest BCUT2D eigenvalue weighted by atomic mass is 16.5. The minimum Gasteiger partial charge on any atom is -0.497 e. The minimum atomic E-state index is -0.564. The first kappa shape index (κ1) is 23.1. The minimum absolute atomic E-state index is 0.0962. The molecular formula is C24H29N3O5. The van der Waals surface area contributed by atoms with Crippen molar-refractivity contribution in [3.05, 3.63) is 54.1 Å². The van der Waals surface area contributed by atoms with Crippen molar-refractivity contribution in [3.63, 3.8) is 0 Å². The van der Waals surface area contributed by atoms with Gasteiger partial charge in [0.05, 0.1) is 32.7 Å². The summed E-state index contributed by atoms with van der Waals surface area (Å²) in [5, 5.41) is 2.80. The Hall–Kier alpha value is -3.55. The van der Waals surface area contributed by atoms with Gasteiger partial charge in [0.2, 0.25) is 17.7 Å². The standard InChI is InChI=1S/C24H29N3O5/c1-5-27(15-21(28)25-17-7-6-8-19(13-17)32-4)24(30)20-14-22(29)26(2)23(20)16-9-11-18(31-3)12-10-16/h6-13,20,23H,5,14-15H2,1-4H3,(H,25,28). The van der Waals surface area contributed by atoms with Gasteiger partial charge in [0, 0.05) is 31.8 Å². The van der Waals surface area contributed by atoms with E-state index in [1.807, 2.05) is 31.2 Å². The van der Waals surface area contributed by atoms with Crippen LogP contribution in [0.15, 0.2) is 48.5 Å². The molecule has 1 N–H and O–H groups in total. The first-order valence-electron chi connectivity index (χ1n) is 10.5. The van der Waals surface area contributed by atoms with Gasteiger partial charge in [-0.2, -0.15) is 0 Å². The van der Waals surface area contributed by atoms with E-state index in [1.165, 1.54) is 4.90 Å². The van der Waals surface area contributed by atoms with Crippen LogP contribution in [-0.2, 0) is 14.4 Å². The largest absolute Gasteiger partial charge is 0.497 e. The number of likely N-dealkylation sites (tertiary alicyclic amines) is 1. The zero-order valence-corrected chi connectivity index (χ0v) is 18.8. The Balaban J connectivity index is 1.74. The molecule has 2 aromatic carbocycles. The number of anilines is 1. The summed E-state index contributed by atoms with van der Waals surface area (Å²) >= 11 is 0. The van der Waals surface area contributed by atoms with Crippen molar-refractivity contribution in [3.8, 4) is 11.5 Å². The molecule has 0 aromatic heterocycles. The quantitative estimate of drug-likeness (QED) is 0.683. The van der Waals surface area contributed by atoms with Crippen molar-refractivity contribution >= 4 is 23.4 Å². The van der Waals surface area contributed by atoms with Gasteiger partial charge in [-0.15, -0.1) is 0 Å². The van der Waals surface area contributed by atoms with Crippen molar-refractivity contribution in [2.24, 2.45) is 5.92 Å². The van der Waals surface area contributed by atoms with Crippen LogP contribution in [-0.4, -0.2) is 61.9 Å². The molecule has 0 saturated carbocycles. The van der Waals surface area contributed by atoms with Gasteiger partial charge in [-0.3, -0.25) is 14.4 Å². The second-order valence-electron chi connectivity index (χ2n) is 7.67. The molecule has 1 heterocycles. The molecule has 3 amide bonds. The van der Waals surface area contributed by atoms with E-state index >= 15 is 0 Å². The summed E-state index contributed by atoms with van der Waals surface area (Å²) in [6.07, 6.45) is 0.111. The smallest absolute Gasteiger partial charge is 0.243 e. The number of carbonyl (C=O) groups is 3. The van der Waals surface area contributed by atoms with Gasteiger partial charge in [-0.05, 0) is 36.8 Å². The molecule has 0 bridgehead atoms. The Kier molecular flexibility index (Phi) is 7.35. The van der Waals surface area contributed by atoms with Crippen LogP contribution in [0.3, 0.4) is 0 Å². The molecule has 2 aromatic rings. The van der Waals surface area contributed by atoms with Crippen LogP contribution >= 0.6 is 0 Å². The number of nitrogens with zero attached hydrogens (tertiary/aromatic N) is 2. The van der Waals surface area contributed by atoms with E-state index in [2.05, 4.69) is 5.32 Å². The lowest BCUT2D eigenvalue weighted by molar-refractivity contribution is -0.139. The summed E-state index contributed by atoms with van der Waals surface area (Å²) in [6.45, 7) is 2.07. The number of amides is 3. The number of hydrogen-bond donors (Lipinski definition) is 1. The van der Waals surface area contributed by atoms with Crippen LogP contribution in [0.25, 0.3) is 0 Å². The lowest BCUT2D eigenvalue weighted by Crippen LogP contribution is -2.42. The molecule has 1 fully saturated rings. The highest BCUT2D eigenvalue weighted by Crippen LogP contribution is 2.38. The normalized spacial score (nSPS) is 17.8. The average molecular weight is 440 g/mol. The van der Waals surface area contributed by atoms with Crippen molar-refractivity contribution in [1.29, 1.82) is 0 Å². The first-order valence-corrected chi connectivity index (χ1v) is 10.5. The van der Waals surface area contributed by atoms with E-state index in [-0.39, 0.29) is 30.7 Å². The molecule has 3 rings (SSSR count). The number of ether oxygens (including phenoxy) is 2. The topological polar surface area (TPSA) is 88.2 Å². The van der Waals surface area contributed by atoms with Crippen LogP contribution < -0.4 is 14.8 Å². The monoisotopic (exact) mass is 439 g/mol. The van der Waals surface area contributed by atoms with E-state index < -0.39 is 12.0 Å². The second kappa shape index (κ2) is 10.2. The van der Waals surface area contributed by atoms with E-state index in [4.69, 9.17) is 9.47 Å². The summed E-state index contributed by atoms with van der Waals surface area (Å²) in [5.74, 6) is 0.138. The maximum absolute atomic E-state index is 13.4. The molecule has 8 nitrogen and oxygen atoms in total. The lowest BCUT2D eigenvalue weighted by Gasteiger charge is -2.29. The SMILES string of the molecule is CCN(CC(=O)Nc1cccc(OC)c1)C(=O)C1CC(=O)N(C)C1c1ccc(OC)cc1. The third kappa shape index (κ3) is 5.01. The van der Waals surface area contributed by atoms with Crippen LogP contribution in [0, 0.1) is 5.92 Å². The maximum Gasteiger partial charge on any atom is 0.243 e. The number of carbonyl (C=O) groups excluding carboxylic acids is 3. The molecule has 0 spiro atoms. The third-order valence-corrected chi connectivity index (χ3v) is 5.74. The highest BCUT2D eigenvalue weighted by Gasteiger charge is 2.44. The van der Waals surface area contributed by atoms with Crippen molar-refractivity contribution < 1.29 is 23.9 Å². The van der Waals surface area contributed by atoms with Gasteiger partial charge in [-0.1, -0.05) is 18.2 Å². The molecule has 0 radical (unpaired) electrons. The zero-order chi connectivity index (χ0) is 23.3. The van der Waals surface area contributed by atoms with Crippen LogP contribution in [0.2, 0.25) is 0 Å². The van der Waals surface area contributed by atoms with E-state index in [9.17, 15) is 14.4 Å². The third-order valence-electron chi connectivity index (χ3n) is 5.74. The summed E-state index contributed by atoms with van der Waals surface area (Å²) < 4.78 is 10.4. The number of methoxy groups -OCH3 is 2. The van der Waals surface area contributed by atoms with Gasteiger partial charge in [0.1, 0.15) is 11.5 Å². The number of benzene rings is 2. The molecule has 1 aliphatic rings. The highest BCUT2D eigenvalue weighted by molar-refractivity contribution is 5.96. The summed E-state index contributed by atoms with van der Waals surface area (Å²) in [6, 6.07) is 14.0. The first-order chi connectivity index (χ1) is 15.4. The fraction of sp³-hybridized carbons (Fsp3) is 0.375. The molecule has 2 unspecified atom stereocenters. The number of rotatable bonds is 8. The van der Waals surface area contributed by atoms with Crippen molar-refractivity contribution in [2.45, 2.75) is 19.4 Å². The number of likely N-dealkylation sites (N-methyl/N-ethyl adjacent to an activating group) is 1. The molecule has 32 heavy (non-hydrogen) atoms. The predicted molar refractivity (Wildman–Crippen MR) is 120 cm³/mol. The van der Waals surface area contributed by atoms with Gasteiger partial charge < -0.3 is 24.6 Å². The average Bonchev–Trinajstić information content (AvgIpc) is 3.11. The molecular weight excluding hydrogens is 410 g/mol. The van der Waals surface area contributed by atoms with E-state index in [1.54, 1.807) is 50.4 Å². The molecule has 0 aliphatic carbocycles. The number of nitrogens with one attached hydrogen (secondary N) is 1. The fourth-order valence-electron chi connectivity index (χ4n) is 4.00. The predicted octanol–water partition coefficient (Wildman–Crippen LogP) is 2.71. The van der Waals surface area contributed by atoms with Gasteiger partial charge in [0.25, 0.3) is 0 Å². The Morgan fingerprint density at radius 2 is 1.78 bits per heavy atom. The second-order valence-corrected chi connectivity index (χ2v) is 7.67. The summed E-state index contributed by atoms with van der Waals surface area (Å²) in [7, 11) is 4.84. The van der Waals surface area contributed by atoms with E-state index in [0.29, 0.717) is 23.7 Å². The van der Waals surface area contributed by atoms with Crippen LogP contribution in [0.5, 0.6) is 11.5 Å². The molecule has 1 aliphatic heterocycles. The zero-order valence-electron chi connectivity index (χ0n) is 18.8. The van der Waals surface area contributed by atoms with Gasteiger partial charge in [0.15, 0.2) is 0 Å². The Morgan fingerprint density at radius 1 is 1.09 bits per heavy atom. The lowest BCUT2D eigenvalue weighted by atomic mass is 9.92.